The molecule has 0 aromatic heterocycles. The zero-order valence-corrected chi connectivity index (χ0v) is 14.4. The topological polar surface area (TPSA) is 9.23 Å². The first-order chi connectivity index (χ1) is 11.0. The number of rotatable bonds is 3. The van der Waals surface area contributed by atoms with Gasteiger partial charge in [-0.05, 0) is 29.9 Å². The van der Waals surface area contributed by atoms with Crippen molar-refractivity contribution in [3.05, 3.63) is 59.7 Å². The number of benzene rings is 2. The van der Waals surface area contributed by atoms with E-state index in [0.717, 1.165) is 6.42 Å². The Hall–Kier alpha value is -2.04. The standard InChI is InChI=1S/C22H24O/c1-5-14-22(23-16-15-21(2,3)4)19-12-8-6-10-17(19)18-11-7-9-13-20(18)22/h6-13H,15-16H2,1-4H3. The smallest absolute Gasteiger partial charge is 0.180 e. The maximum Gasteiger partial charge on any atom is 0.180 e. The maximum atomic E-state index is 6.49. The van der Waals surface area contributed by atoms with Crippen LogP contribution in [0.4, 0.5) is 0 Å². The fourth-order valence-corrected chi connectivity index (χ4v) is 3.21. The van der Waals surface area contributed by atoms with Crippen molar-refractivity contribution < 1.29 is 4.74 Å². The van der Waals surface area contributed by atoms with Gasteiger partial charge in [0.2, 0.25) is 0 Å². The first-order valence-corrected chi connectivity index (χ1v) is 8.25. The Morgan fingerprint density at radius 1 is 0.913 bits per heavy atom. The lowest BCUT2D eigenvalue weighted by molar-refractivity contribution is 0.0156. The normalized spacial score (nSPS) is 14.6. The van der Waals surface area contributed by atoms with Crippen molar-refractivity contribution in [3.63, 3.8) is 0 Å². The highest BCUT2D eigenvalue weighted by Gasteiger charge is 2.43. The van der Waals surface area contributed by atoms with Crippen LogP contribution in [0.15, 0.2) is 48.5 Å². The van der Waals surface area contributed by atoms with Gasteiger partial charge in [0, 0.05) is 17.7 Å². The third kappa shape index (κ3) is 2.80. The second-order valence-electron chi connectivity index (χ2n) is 7.31. The lowest BCUT2D eigenvalue weighted by Gasteiger charge is -2.28. The van der Waals surface area contributed by atoms with Gasteiger partial charge in [0.05, 0.1) is 0 Å². The average molecular weight is 304 g/mol. The molecular weight excluding hydrogens is 280 g/mol. The first-order valence-electron chi connectivity index (χ1n) is 8.25. The van der Waals surface area contributed by atoms with Crippen LogP contribution in [0.2, 0.25) is 0 Å². The van der Waals surface area contributed by atoms with Crippen molar-refractivity contribution in [2.45, 2.75) is 39.7 Å². The molecule has 118 valence electrons. The van der Waals surface area contributed by atoms with Gasteiger partial charge in [0.25, 0.3) is 0 Å². The molecule has 3 rings (SSSR count). The minimum Gasteiger partial charge on any atom is -0.354 e. The fourth-order valence-electron chi connectivity index (χ4n) is 3.21. The van der Waals surface area contributed by atoms with Crippen LogP contribution in [-0.2, 0) is 10.3 Å². The minimum atomic E-state index is -0.632. The summed E-state index contributed by atoms with van der Waals surface area (Å²) < 4.78 is 6.49. The summed E-state index contributed by atoms with van der Waals surface area (Å²) in [6, 6.07) is 16.9. The Kier molecular flexibility index (Phi) is 4.04. The summed E-state index contributed by atoms with van der Waals surface area (Å²) in [5.74, 6) is 6.49. The predicted molar refractivity (Wildman–Crippen MR) is 96.1 cm³/mol. The summed E-state index contributed by atoms with van der Waals surface area (Å²) in [5.41, 5.74) is 4.43. The van der Waals surface area contributed by atoms with Gasteiger partial charge in [-0.1, -0.05) is 75.2 Å². The zero-order valence-electron chi connectivity index (χ0n) is 14.4. The Bertz CT molecular complexity index is 723. The van der Waals surface area contributed by atoms with E-state index in [0.29, 0.717) is 6.61 Å². The van der Waals surface area contributed by atoms with Gasteiger partial charge in [0.15, 0.2) is 5.60 Å². The van der Waals surface area contributed by atoms with Crippen molar-refractivity contribution in [2.24, 2.45) is 5.41 Å². The van der Waals surface area contributed by atoms with Gasteiger partial charge in [-0.2, -0.15) is 0 Å². The summed E-state index contributed by atoms with van der Waals surface area (Å²) in [4.78, 5) is 0. The molecule has 0 N–H and O–H groups in total. The van der Waals surface area contributed by atoms with E-state index in [1.165, 1.54) is 22.3 Å². The molecular formula is C22H24O. The van der Waals surface area contributed by atoms with Crippen LogP contribution in [-0.4, -0.2) is 6.61 Å². The van der Waals surface area contributed by atoms with Gasteiger partial charge in [-0.3, -0.25) is 0 Å². The Labute approximate surface area is 139 Å². The fraction of sp³-hybridized carbons (Fsp3) is 0.364. The first kappa shape index (κ1) is 15.8. The molecule has 23 heavy (non-hydrogen) atoms. The van der Waals surface area contributed by atoms with E-state index < -0.39 is 5.60 Å². The van der Waals surface area contributed by atoms with Crippen LogP contribution in [0, 0.1) is 17.3 Å². The monoisotopic (exact) mass is 304 g/mol. The van der Waals surface area contributed by atoms with E-state index in [1.807, 2.05) is 6.92 Å². The molecule has 0 bridgehead atoms. The molecule has 2 aromatic rings. The second-order valence-corrected chi connectivity index (χ2v) is 7.31. The van der Waals surface area contributed by atoms with E-state index in [9.17, 15) is 0 Å². The number of ether oxygens (including phenoxy) is 1. The summed E-state index contributed by atoms with van der Waals surface area (Å²) >= 11 is 0. The highest BCUT2D eigenvalue weighted by Crippen LogP contribution is 2.49. The summed E-state index contributed by atoms with van der Waals surface area (Å²) in [7, 11) is 0. The maximum absolute atomic E-state index is 6.49. The Morgan fingerprint density at radius 3 is 1.91 bits per heavy atom. The second kappa shape index (κ2) is 5.87. The molecule has 1 aliphatic carbocycles. The van der Waals surface area contributed by atoms with Crippen LogP contribution in [0.1, 0.15) is 45.2 Å². The van der Waals surface area contributed by atoms with Crippen LogP contribution in [0.5, 0.6) is 0 Å². The van der Waals surface area contributed by atoms with Crippen molar-refractivity contribution >= 4 is 0 Å². The van der Waals surface area contributed by atoms with Crippen LogP contribution in [0.3, 0.4) is 0 Å². The van der Waals surface area contributed by atoms with Crippen LogP contribution < -0.4 is 0 Å². The summed E-state index contributed by atoms with van der Waals surface area (Å²) in [6.07, 6.45) is 1.00. The number of hydrogen-bond acceptors (Lipinski definition) is 1. The number of fused-ring (bicyclic) bond motifs is 3. The molecule has 0 radical (unpaired) electrons. The lowest BCUT2D eigenvalue weighted by atomic mass is 9.90. The van der Waals surface area contributed by atoms with E-state index in [1.54, 1.807) is 0 Å². The molecule has 0 heterocycles. The van der Waals surface area contributed by atoms with Gasteiger partial charge in [-0.15, -0.1) is 5.92 Å². The zero-order chi connectivity index (χ0) is 16.5. The molecule has 1 aliphatic rings. The molecule has 1 nitrogen and oxygen atoms in total. The largest absolute Gasteiger partial charge is 0.354 e. The SMILES string of the molecule is CC#CC1(OCCC(C)(C)C)c2ccccc2-c2ccccc21. The molecule has 0 saturated heterocycles. The summed E-state index contributed by atoms with van der Waals surface area (Å²) in [6.45, 7) is 9.31. The predicted octanol–water partition coefficient (Wildman–Crippen LogP) is 5.39. The van der Waals surface area contributed by atoms with Crippen LogP contribution >= 0.6 is 0 Å². The molecule has 1 heteroatoms. The third-order valence-corrected chi connectivity index (χ3v) is 4.37. The van der Waals surface area contributed by atoms with Crippen LogP contribution in [0.25, 0.3) is 11.1 Å². The highest BCUT2D eigenvalue weighted by molar-refractivity contribution is 5.82. The molecule has 0 spiro atoms. The Balaban J connectivity index is 2.09. The molecule has 2 aromatic carbocycles. The van der Waals surface area contributed by atoms with Crippen molar-refractivity contribution in [1.82, 2.24) is 0 Å². The quantitative estimate of drug-likeness (QED) is 0.691. The van der Waals surface area contributed by atoms with Gasteiger partial charge in [0.1, 0.15) is 0 Å². The summed E-state index contributed by atoms with van der Waals surface area (Å²) in [5, 5.41) is 0. The molecule has 0 aliphatic heterocycles. The van der Waals surface area contributed by atoms with E-state index in [-0.39, 0.29) is 5.41 Å². The van der Waals surface area contributed by atoms with Crippen molar-refractivity contribution in [3.8, 4) is 23.0 Å². The highest BCUT2D eigenvalue weighted by atomic mass is 16.5. The molecule has 0 amide bonds. The van der Waals surface area contributed by atoms with Crippen molar-refractivity contribution in [2.75, 3.05) is 6.61 Å². The van der Waals surface area contributed by atoms with Gasteiger partial charge < -0.3 is 4.74 Å². The minimum absolute atomic E-state index is 0.248. The molecule has 0 unspecified atom stereocenters. The van der Waals surface area contributed by atoms with Gasteiger partial charge >= 0.3 is 0 Å². The average Bonchev–Trinajstić information content (AvgIpc) is 2.79. The van der Waals surface area contributed by atoms with E-state index in [4.69, 9.17) is 4.74 Å². The molecule has 0 saturated carbocycles. The number of hydrogen-bond donors (Lipinski definition) is 0. The van der Waals surface area contributed by atoms with E-state index >= 15 is 0 Å². The molecule has 0 atom stereocenters. The van der Waals surface area contributed by atoms with Gasteiger partial charge in [-0.25, -0.2) is 0 Å². The lowest BCUT2D eigenvalue weighted by Crippen LogP contribution is -2.29. The molecule has 0 fully saturated rings. The Morgan fingerprint density at radius 2 is 1.43 bits per heavy atom. The van der Waals surface area contributed by atoms with E-state index in [2.05, 4.69) is 81.1 Å². The third-order valence-electron chi connectivity index (χ3n) is 4.37. The van der Waals surface area contributed by atoms with Crippen molar-refractivity contribution in [1.29, 1.82) is 0 Å².